The van der Waals surface area contributed by atoms with Crippen LogP contribution in [0.3, 0.4) is 0 Å². The van der Waals surface area contributed by atoms with Crippen LogP contribution < -0.4 is 0 Å². The monoisotopic (exact) mass is 531 g/mol. The molecule has 7 heteroatoms. The number of nitrogens with zero attached hydrogens (tertiary/aromatic N) is 1. The lowest BCUT2D eigenvalue weighted by atomic mass is 9.89. The van der Waals surface area contributed by atoms with Crippen molar-refractivity contribution in [3.63, 3.8) is 0 Å². The summed E-state index contributed by atoms with van der Waals surface area (Å²) in [6, 6.07) is 28.5. The zero-order valence-electron chi connectivity index (χ0n) is 20.1. The Hall–Kier alpha value is -3.35. The fourth-order valence-corrected chi connectivity index (χ4v) is 6.54. The van der Waals surface area contributed by atoms with Crippen molar-refractivity contribution >= 4 is 41.0 Å². The molecule has 0 unspecified atom stereocenters. The zero-order valence-corrected chi connectivity index (χ0v) is 21.7. The van der Waals surface area contributed by atoms with E-state index in [0.717, 1.165) is 16.7 Å². The number of fused-ring (bicyclic) bond motifs is 1. The van der Waals surface area contributed by atoms with Crippen molar-refractivity contribution in [2.45, 2.75) is 24.3 Å². The van der Waals surface area contributed by atoms with E-state index < -0.39 is 18.0 Å². The van der Waals surface area contributed by atoms with E-state index in [2.05, 4.69) is 0 Å². The van der Waals surface area contributed by atoms with Gasteiger partial charge in [-0.2, -0.15) is 0 Å². The number of hydrogen-bond donors (Lipinski definition) is 0. The van der Waals surface area contributed by atoms with Crippen molar-refractivity contribution in [1.82, 2.24) is 4.90 Å². The Balaban J connectivity index is 1.35. The van der Waals surface area contributed by atoms with Crippen LogP contribution in [0.1, 0.15) is 29.2 Å². The highest BCUT2D eigenvalue weighted by atomic mass is 35.5. The van der Waals surface area contributed by atoms with E-state index in [1.165, 1.54) is 4.90 Å². The van der Waals surface area contributed by atoms with Crippen LogP contribution in [0.2, 0.25) is 0 Å². The number of Topliss-reactive ketones (excluding diaryl/α,β-unsaturated/α-hetero) is 1. The van der Waals surface area contributed by atoms with Crippen LogP contribution in [0.25, 0.3) is 0 Å². The molecule has 5 nitrogen and oxygen atoms in total. The van der Waals surface area contributed by atoms with Crippen LogP contribution in [-0.4, -0.2) is 39.6 Å². The highest BCUT2D eigenvalue weighted by Gasteiger charge is 2.54. The number of esters is 1. The summed E-state index contributed by atoms with van der Waals surface area (Å²) < 4.78 is 6.06. The Kier molecular flexibility index (Phi) is 7.77. The number of ketones is 1. The minimum atomic E-state index is -0.633. The number of ether oxygens (including phenoxy) is 1. The molecule has 2 aliphatic rings. The number of benzene rings is 3. The zero-order chi connectivity index (χ0) is 25.8. The fraction of sp³-hybridized carbons (Fsp3) is 0.233. The van der Waals surface area contributed by atoms with Gasteiger partial charge in [0.1, 0.15) is 11.5 Å². The van der Waals surface area contributed by atoms with Crippen molar-refractivity contribution in [3.05, 3.63) is 119 Å². The van der Waals surface area contributed by atoms with Gasteiger partial charge < -0.3 is 4.74 Å². The Bertz CT molecular complexity index is 1270. The fourth-order valence-electron chi connectivity index (χ4n) is 4.80. The van der Waals surface area contributed by atoms with Crippen molar-refractivity contribution in [3.8, 4) is 0 Å². The van der Waals surface area contributed by atoms with Gasteiger partial charge in [-0.1, -0.05) is 91.0 Å². The number of rotatable bonds is 9. The molecule has 1 fully saturated rings. The highest BCUT2D eigenvalue weighted by molar-refractivity contribution is 8.00. The van der Waals surface area contributed by atoms with Gasteiger partial charge in [-0.3, -0.25) is 14.5 Å². The summed E-state index contributed by atoms with van der Waals surface area (Å²) >= 11 is 7.76. The first-order chi connectivity index (χ1) is 18.1. The topological polar surface area (TPSA) is 63.7 Å². The van der Waals surface area contributed by atoms with Crippen molar-refractivity contribution in [2.75, 3.05) is 11.6 Å². The predicted molar refractivity (Wildman–Crippen MR) is 145 cm³/mol. The molecular formula is C30H26ClNO4S. The lowest BCUT2D eigenvalue weighted by Crippen LogP contribution is -2.62. The van der Waals surface area contributed by atoms with Crippen LogP contribution in [0, 0.1) is 5.92 Å². The molecule has 0 aliphatic carbocycles. The summed E-state index contributed by atoms with van der Waals surface area (Å²) in [7, 11) is 0. The van der Waals surface area contributed by atoms with Gasteiger partial charge in [0.25, 0.3) is 0 Å². The van der Waals surface area contributed by atoms with E-state index >= 15 is 0 Å². The maximum atomic E-state index is 13.6. The van der Waals surface area contributed by atoms with Gasteiger partial charge in [0, 0.05) is 24.5 Å². The smallest absolute Gasteiger partial charge is 0.356 e. The van der Waals surface area contributed by atoms with Crippen LogP contribution in [0.5, 0.6) is 0 Å². The molecule has 0 bridgehead atoms. The van der Waals surface area contributed by atoms with Crippen LogP contribution in [0.4, 0.5) is 0 Å². The molecule has 1 saturated heterocycles. The summed E-state index contributed by atoms with van der Waals surface area (Å²) in [6.07, 6.45) is -0.196. The lowest BCUT2D eigenvalue weighted by molar-refractivity contribution is -0.157. The first kappa shape index (κ1) is 25.3. The molecule has 3 aromatic rings. The minimum Gasteiger partial charge on any atom is -0.448 e. The molecule has 37 heavy (non-hydrogen) atoms. The number of alkyl halides is 1. The molecule has 0 N–H and O–H groups in total. The van der Waals surface area contributed by atoms with Gasteiger partial charge >= 0.3 is 5.97 Å². The van der Waals surface area contributed by atoms with E-state index in [1.54, 1.807) is 11.8 Å². The second kappa shape index (κ2) is 11.4. The number of amides is 1. The predicted octanol–water partition coefficient (Wildman–Crippen LogP) is 5.55. The second-order valence-corrected chi connectivity index (χ2v) is 10.5. The van der Waals surface area contributed by atoms with Gasteiger partial charge in [0.2, 0.25) is 5.91 Å². The normalized spacial score (nSPS) is 18.9. The average Bonchev–Trinajstić information content (AvgIpc) is 2.95. The molecule has 0 radical (unpaired) electrons. The number of carbonyl (C=O) groups is 3. The molecule has 1 amide bonds. The third kappa shape index (κ3) is 5.36. The maximum absolute atomic E-state index is 13.6. The third-order valence-electron chi connectivity index (χ3n) is 6.63. The molecule has 0 spiro atoms. The minimum absolute atomic E-state index is 0.00858. The van der Waals surface area contributed by atoms with Gasteiger partial charge in [-0.05, 0) is 22.3 Å². The van der Waals surface area contributed by atoms with Gasteiger partial charge in [-0.15, -0.1) is 23.4 Å². The summed E-state index contributed by atoms with van der Waals surface area (Å²) in [6.45, 7) is 0. The first-order valence-electron chi connectivity index (χ1n) is 12.2. The number of halogens is 1. The summed E-state index contributed by atoms with van der Waals surface area (Å²) in [4.78, 5) is 41.1. The largest absolute Gasteiger partial charge is 0.448 e. The van der Waals surface area contributed by atoms with Crippen LogP contribution in [-0.2, 0) is 25.5 Å². The quantitative estimate of drug-likeness (QED) is 0.206. The van der Waals surface area contributed by atoms with Crippen molar-refractivity contribution < 1.29 is 19.1 Å². The molecule has 2 aliphatic heterocycles. The molecule has 5 rings (SSSR count). The average molecular weight is 532 g/mol. The molecule has 188 valence electrons. The molecule has 3 aromatic carbocycles. The molecule has 2 heterocycles. The summed E-state index contributed by atoms with van der Waals surface area (Å²) in [5.74, 6) is -0.639. The van der Waals surface area contributed by atoms with Crippen molar-refractivity contribution in [1.29, 1.82) is 0 Å². The molecule has 0 saturated carbocycles. The third-order valence-corrected chi connectivity index (χ3v) is 8.35. The number of hydrogen-bond acceptors (Lipinski definition) is 5. The van der Waals surface area contributed by atoms with Gasteiger partial charge in [-0.25, -0.2) is 4.79 Å². The first-order valence-corrected chi connectivity index (χ1v) is 13.7. The van der Waals surface area contributed by atoms with E-state index in [1.807, 2.05) is 91.0 Å². The Labute approximate surface area is 225 Å². The molecule has 0 aromatic heterocycles. The van der Waals surface area contributed by atoms with E-state index in [4.69, 9.17) is 16.3 Å². The Morgan fingerprint density at radius 1 is 0.919 bits per heavy atom. The standard InChI is InChI=1S/C30H26ClNO4S/c31-18-23-19-37-29-25(17-24(33)16-20-10-4-1-5-11-20)28(34)32(29)26(23)30(35)36-27(21-12-6-2-7-13-21)22-14-8-3-9-15-22/h1-15,25,27,29H,16-19H2/t25-,29-/m1/s1. The Morgan fingerprint density at radius 2 is 1.49 bits per heavy atom. The van der Waals surface area contributed by atoms with E-state index in [0.29, 0.717) is 11.3 Å². The summed E-state index contributed by atoms with van der Waals surface area (Å²) in [5.41, 5.74) is 3.46. The Morgan fingerprint density at radius 3 is 2.05 bits per heavy atom. The number of β-lactam (4-membered cyclic amide) rings is 1. The number of thioether (sulfide) groups is 1. The lowest BCUT2D eigenvalue weighted by Gasteiger charge is -2.49. The summed E-state index contributed by atoms with van der Waals surface area (Å²) in [5, 5.41) is -0.284. The maximum Gasteiger partial charge on any atom is 0.356 e. The second-order valence-electron chi connectivity index (χ2n) is 9.11. The highest BCUT2D eigenvalue weighted by Crippen LogP contribution is 2.46. The van der Waals surface area contributed by atoms with Gasteiger partial charge in [0.05, 0.1) is 11.3 Å². The van der Waals surface area contributed by atoms with Crippen LogP contribution >= 0.6 is 23.4 Å². The SMILES string of the molecule is O=C(Cc1ccccc1)C[C@@H]1C(=O)N2C(C(=O)OC(c3ccccc3)c3ccccc3)=C(CCl)CS[C@H]12. The molecule has 2 atom stereocenters. The van der Waals surface area contributed by atoms with E-state index in [-0.39, 0.29) is 41.5 Å². The number of carbonyl (C=O) groups excluding carboxylic acids is 3. The van der Waals surface area contributed by atoms with Gasteiger partial charge in [0.15, 0.2) is 6.10 Å². The van der Waals surface area contributed by atoms with Crippen molar-refractivity contribution in [2.24, 2.45) is 5.92 Å². The van der Waals surface area contributed by atoms with E-state index in [9.17, 15) is 14.4 Å². The van der Waals surface area contributed by atoms with Crippen LogP contribution in [0.15, 0.2) is 102 Å². The molecular weight excluding hydrogens is 506 g/mol.